The summed E-state index contributed by atoms with van der Waals surface area (Å²) < 4.78 is 0. The molecule has 0 aliphatic heterocycles. The largest absolute Gasteiger partial charge is 0.389 e. The second-order valence-electron chi connectivity index (χ2n) is 7.87. The minimum Gasteiger partial charge on any atom is -0.389 e. The average Bonchev–Trinajstić information content (AvgIpc) is 2.32. The molecule has 0 radical (unpaired) electrons. The summed E-state index contributed by atoms with van der Waals surface area (Å²) in [5, 5.41) is 11.1. The Balaban J connectivity index is 2.10. The highest BCUT2D eigenvalue weighted by Crippen LogP contribution is 2.70. The van der Waals surface area contributed by atoms with Gasteiger partial charge in [0.05, 0.1) is 5.60 Å². The van der Waals surface area contributed by atoms with Gasteiger partial charge >= 0.3 is 0 Å². The molecule has 0 aromatic rings. The lowest BCUT2D eigenvalue weighted by Gasteiger charge is -2.56. The fourth-order valence-corrected chi connectivity index (χ4v) is 5.92. The van der Waals surface area contributed by atoms with E-state index in [9.17, 15) is 5.11 Å². The van der Waals surface area contributed by atoms with E-state index in [-0.39, 0.29) is 5.60 Å². The van der Waals surface area contributed by atoms with Crippen molar-refractivity contribution in [2.75, 3.05) is 0 Å². The van der Waals surface area contributed by atoms with Crippen LogP contribution in [0.15, 0.2) is 0 Å². The highest BCUT2D eigenvalue weighted by atomic mass is 16.3. The Morgan fingerprint density at radius 3 is 2.44 bits per heavy atom. The molecule has 0 spiro atoms. The van der Waals surface area contributed by atoms with Gasteiger partial charge in [-0.05, 0) is 60.7 Å². The van der Waals surface area contributed by atoms with Gasteiger partial charge in [0.2, 0.25) is 0 Å². The maximum absolute atomic E-state index is 11.1. The van der Waals surface area contributed by atoms with Gasteiger partial charge in [-0.25, -0.2) is 0 Å². The maximum Gasteiger partial charge on any atom is 0.0709 e. The molecule has 1 N–H and O–H groups in total. The Bertz CT molecular complexity index is 321. The summed E-state index contributed by atoms with van der Waals surface area (Å²) in [6, 6.07) is 0. The Morgan fingerprint density at radius 2 is 1.75 bits per heavy atom. The van der Waals surface area contributed by atoms with Crippen LogP contribution in [0.2, 0.25) is 0 Å². The lowest BCUT2D eigenvalue weighted by atomic mass is 9.52. The predicted molar refractivity (Wildman–Crippen MR) is 66.1 cm³/mol. The van der Waals surface area contributed by atoms with Crippen molar-refractivity contribution in [3.63, 3.8) is 0 Å². The molecule has 0 saturated heterocycles. The van der Waals surface area contributed by atoms with E-state index in [1.165, 1.54) is 25.7 Å². The fourth-order valence-electron chi connectivity index (χ4n) is 5.92. The van der Waals surface area contributed by atoms with Crippen LogP contribution in [0.1, 0.15) is 59.8 Å². The van der Waals surface area contributed by atoms with Crippen molar-refractivity contribution in [1.29, 1.82) is 0 Å². The Hall–Kier alpha value is -0.0400. The minimum absolute atomic E-state index is 0.345. The second-order valence-corrected chi connectivity index (χ2v) is 7.87. The highest BCUT2D eigenvalue weighted by molar-refractivity contribution is 5.16. The molecular formula is C15H26O. The maximum atomic E-state index is 11.1. The molecule has 5 unspecified atom stereocenters. The zero-order valence-electron chi connectivity index (χ0n) is 11.2. The van der Waals surface area contributed by atoms with Crippen LogP contribution in [0, 0.1) is 28.6 Å². The third-order valence-electron chi connectivity index (χ3n) is 6.40. The zero-order valence-corrected chi connectivity index (χ0v) is 11.2. The summed E-state index contributed by atoms with van der Waals surface area (Å²) in [7, 11) is 0. The summed E-state index contributed by atoms with van der Waals surface area (Å²) in [6.45, 7) is 9.54. The average molecular weight is 222 g/mol. The molecule has 16 heavy (non-hydrogen) atoms. The van der Waals surface area contributed by atoms with Gasteiger partial charge in [0.15, 0.2) is 0 Å². The Labute approximate surface area is 99.6 Å². The molecular weight excluding hydrogens is 196 g/mol. The SMILES string of the molecule is CC1CCC2C3C(C)(C)CC2(C)CCC13O. The molecule has 3 aliphatic carbocycles. The van der Waals surface area contributed by atoms with Crippen LogP contribution in [-0.4, -0.2) is 10.7 Å². The Kier molecular flexibility index (Phi) is 1.98. The van der Waals surface area contributed by atoms with Gasteiger partial charge in [-0.1, -0.05) is 27.7 Å². The normalized spacial score (nSPS) is 58.7. The van der Waals surface area contributed by atoms with E-state index < -0.39 is 0 Å². The van der Waals surface area contributed by atoms with Crippen LogP contribution in [0.4, 0.5) is 0 Å². The summed E-state index contributed by atoms with van der Waals surface area (Å²) in [5.74, 6) is 1.86. The van der Waals surface area contributed by atoms with Gasteiger partial charge in [0.25, 0.3) is 0 Å². The van der Waals surface area contributed by atoms with Crippen LogP contribution in [0.25, 0.3) is 0 Å². The highest BCUT2D eigenvalue weighted by Gasteiger charge is 2.67. The first-order valence-electron chi connectivity index (χ1n) is 7.02. The van der Waals surface area contributed by atoms with Gasteiger partial charge in [0, 0.05) is 0 Å². The lowest BCUT2D eigenvalue weighted by molar-refractivity contribution is -0.168. The molecule has 3 fully saturated rings. The molecule has 0 aromatic carbocycles. The van der Waals surface area contributed by atoms with E-state index in [1.54, 1.807) is 0 Å². The van der Waals surface area contributed by atoms with Gasteiger partial charge in [-0.3, -0.25) is 0 Å². The van der Waals surface area contributed by atoms with E-state index in [0.29, 0.717) is 22.7 Å². The smallest absolute Gasteiger partial charge is 0.0709 e. The molecule has 4 bridgehead atoms. The van der Waals surface area contributed by atoms with E-state index in [1.807, 2.05) is 0 Å². The van der Waals surface area contributed by atoms with Crippen LogP contribution < -0.4 is 0 Å². The summed E-state index contributed by atoms with van der Waals surface area (Å²) in [5.41, 5.74) is 0.530. The fraction of sp³-hybridized carbons (Fsp3) is 1.00. The van der Waals surface area contributed by atoms with Crippen LogP contribution >= 0.6 is 0 Å². The first kappa shape index (κ1) is 11.1. The molecule has 3 aliphatic rings. The van der Waals surface area contributed by atoms with Crippen LogP contribution in [0.5, 0.6) is 0 Å². The first-order chi connectivity index (χ1) is 7.30. The van der Waals surface area contributed by atoms with Crippen LogP contribution in [0.3, 0.4) is 0 Å². The lowest BCUT2D eigenvalue weighted by Crippen LogP contribution is -2.57. The predicted octanol–water partition coefficient (Wildman–Crippen LogP) is 3.61. The van der Waals surface area contributed by atoms with Gasteiger partial charge < -0.3 is 5.11 Å². The van der Waals surface area contributed by atoms with Gasteiger partial charge in [0.1, 0.15) is 0 Å². The third kappa shape index (κ3) is 1.11. The number of hydrogen-bond acceptors (Lipinski definition) is 1. The minimum atomic E-state index is -0.345. The molecule has 92 valence electrons. The van der Waals surface area contributed by atoms with E-state index >= 15 is 0 Å². The zero-order chi connectivity index (χ0) is 11.8. The third-order valence-corrected chi connectivity index (χ3v) is 6.40. The van der Waals surface area contributed by atoms with Crippen molar-refractivity contribution in [3.05, 3.63) is 0 Å². The molecule has 0 aromatic heterocycles. The van der Waals surface area contributed by atoms with E-state index in [4.69, 9.17) is 0 Å². The molecule has 0 heterocycles. The molecule has 0 amide bonds. The van der Waals surface area contributed by atoms with Gasteiger partial charge in [-0.15, -0.1) is 0 Å². The standard InChI is InChI=1S/C15H26O/c1-10-5-6-11-12-13(2,3)9-14(11,4)7-8-15(10,12)16/h10-12,16H,5-9H2,1-4H3. The summed E-state index contributed by atoms with van der Waals surface area (Å²) in [6.07, 6.45) is 6.22. The van der Waals surface area contributed by atoms with E-state index in [2.05, 4.69) is 27.7 Å². The van der Waals surface area contributed by atoms with Gasteiger partial charge in [-0.2, -0.15) is 0 Å². The van der Waals surface area contributed by atoms with Crippen molar-refractivity contribution in [3.8, 4) is 0 Å². The Morgan fingerprint density at radius 1 is 1.06 bits per heavy atom. The second kappa shape index (κ2) is 2.85. The van der Waals surface area contributed by atoms with Crippen molar-refractivity contribution in [1.82, 2.24) is 0 Å². The van der Waals surface area contributed by atoms with Crippen molar-refractivity contribution in [2.24, 2.45) is 28.6 Å². The molecule has 3 rings (SSSR count). The monoisotopic (exact) mass is 222 g/mol. The van der Waals surface area contributed by atoms with Crippen molar-refractivity contribution < 1.29 is 5.11 Å². The molecule has 1 heteroatoms. The van der Waals surface area contributed by atoms with Crippen molar-refractivity contribution in [2.45, 2.75) is 65.4 Å². The summed E-state index contributed by atoms with van der Waals surface area (Å²) >= 11 is 0. The van der Waals surface area contributed by atoms with E-state index in [0.717, 1.165) is 12.3 Å². The first-order valence-corrected chi connectivity index (χ1v) is 7.02. The van der Waals surface area contributed by atoms with Crippen molar-refractivity contribution >= 4 is 0 Å². The number of rotatable bonds is 0. The number of hydrogen-bond donors (Lipinski definition) is 1. The molecule has 3 saturated carbocycles. The summed E-state index contributed by atoms with van der Waals surface area (Å²) in [4.78, 5) is 0. The quantitative estimate of drug-likeness (QED) is 0.664. The molecule has 1 nitrogen and oxygen atoms in total. The van der Waals surface area contributed by atoms with Crippen LogP contribution in [-0.2, 0) is 0 Å². The molecule has 5 atom stereocenters. The topological polar surface area (TPSA) is 20.2 Å². The number of aliphatic hydroxyl groups is 1.